The smallest absolute Gasteiger partial charge is 0.247 e. The molecule has 5 aromatic rings. The fourth-order valence-electron chi connectivity index (χ4n) is 4.69. The summed E-state index contributed by atoms with van der Waals surface area (Å²) in [6, 6.07) is 27.3. The zero-order chi connectivity index (χ0) is 23.6. The largest absolute Gasteiger partial charge is 0.448 e. The molecule has 1 aliphatic heterocycles. The molecule has 4 aromatic carbocycles. The first-order valence-corrected chi connectivity index (χ1v) is 13.1. The summed E-state index contributed by atoms with van der Waals surface area (Å²) in [7, 11) is 0. The molecule has 1 aromatic heterocycles. The minimum atomic E-state index is -0.442. The van der Waals surface area contributed by atoms with E-state index in [4.69, 9.17) is 9.72 Å². The number of nitrogens with one attached hydrogen (secondary N) is 1. The topological polar surface area (TPSA) is 59.9 Å². The lowest BCUT2D eigenvalue weighted by molar-refractivity contribution is 0.228. The van der Waals surface area contributed by atoms with E-state index >= 15 is 0 Å². The maximum atomic E-state index is 6.67. The number of anilines is 1. The first kappa shape index (κ1) is 21.9. The SMILES string of the molecule is CCCCCSc1nnc2c(n1)OC(c1c3ccccc3cc3ccccc13)Nc1ccccc1-2. The molecule has 35 heavy (non-hydrogen) atoms. The number of unbranched alkanes of at least 4 members (excludes halogenated alkanes) is 2. The summed E-state index contributed by atoms with van der Waals surface area (Å²) in [5, 5.41) is 18.0. The lowest BCUT2D eigenvalue weighted by Crippen LogP contribution is -2.18. The van der Waals surface area contributed by atoms with Gasteiger partial charge >= 0.3 is 0 Å². The summed E-state index contributed by atoms with van der Waals surface area (Å²) in [4.78, 5) is 4.83. The summed E-state index contributed by atoms with van der Waals surface area (Å²) in [5.74, 6) is 1.48. The molecular formula is C29H26N4OS. The van der Waals surface area contributed by atoms with Gasteiger partial charge in [0.25, 0.3) is 0 Å². The molecule has 6 rings (SSSR count). The number of hydrogen-bond acceptors (Lipinski definition) is 6. The number of thioether (sulfide) groups is 1. The van der Waals surface area contributed by atoms with Gasteiger partial charge in [0, 0.05) is 22.6 Å². The van der Waals surface area contributed by atoms with Crippen LogP contribution in [0.3, 0.4) is 0 Å². The quantitative estimate of drug-likeness (QED) is 0.154. The Morgan fingerprint density at radius 1 is 0.857 bits per heavy atom. The van der Waals surface area contributed by atoms with Crippen molar-refractivity contribution in [3.8, 4) is 17.1 Å². The van der Waals surface area contributed by atoms with Crippen LogP contribution in [0.15, 0.2) is 84.0 Å². The van der Waals surface area contributed by atoms with E-state index in [9.17, 15) is 0 Å². The Morgan fingerprint density at radius 3 is 2.34 bits per heavy atom. The predicted octanol–water partition coefficient (Wildman–Crippen LogP) is 7.63. The van der Waals surface area contributed by atoms with Crippen molar-refractivity contribution >= 4 is 39.0 Å². The van der Waals surface area contributed by atoms with Gasteiger partial charge in [0.2, 0.25) is 11.0 Å². The molecule has 6 heteroatoms. The summed E-state index contributed by atoms with van der Waals surface area (Å²) in [6.45, 7) is 2.21. The Morgan fingerprint density at radius 2 is 1.57 bits per heavy atom. The Hall–Kier alpha value is -3.64. The first-order valence-electron chi connectivity index (χ1n) is 12.1. The van der Waals surface area contributed by atoms with Crippen molar-refractivity contribution in [3.05, 3.63) is 84.4 Å². The first-order chi connectivity index (χ1) is 17.3. The lowest BCUT2D eigenvalue weighted by Gasteiger charge is -2.23. The predicted molar refractivity (Wildman–Crippen MR) is 144 cm³/mol. The van der Waals surface area contributed by atoms with Crippen LogP contribution in [0.5, 0.6) is 5.88 Å². The zero-order valence-electron chi connectivity index (χ0n) is 19.6. The highest BCUT2D eigenvalue weighted by atomic mass is 32.2. The highest BCUT2D eigenvalue weighted by molar-refractivity contribution is 7.99. The van der Waals surface area contributed by atoms with Crippen LogP contribution in [0.1, 0.15) is 38.0 Å². The maximum Gasteiger partial charge on any atom is 0.247 e. The van der Waals surface area contributed by atoms with E-state index in [1.54, 1.807) is 11.8 Å². The van der Waals surface area contributed by atoms with Crippen molar-refractivity contribution in [2.45, 2.75) is 37.6 Å². The van der Waals surface area contributed by atoms with Gasteiger partial charge in [-0.25, -0.2) is 0 Å². The van der Waals surface area contributed by atoms with Crippen LogP contribution < -0.4 is 10.1 Å². The molecular weight excluding hydrogens is 452 g/mol. The Kier molecular flexibility index (Phi) is 5.96. The molecule has 0 bridgehead atoms. The number of rotatable bonds is 6. The van der Waals surface area contributed by atoms with E-state index in [1.807, 2.05) is 18.2 Å². The molecule has 0 saturated carbocycles. The highest BCUT2D eigenvalue weighted by Crippen LogP contribution is 2.42. The van der Waals surface area contributed by atoms with Gasteiger partial charge in [0.1, 0.15) is 0 Å². The monoisotopic (exact) mass is 478 g/mol. The van der Waals surface area contributed by atoms with Gasteiger partial charge in [-0.3, -0.25) is 0 Å². The third-order valence-corrected chi connectivity index (χ3v) is 7.31. The Labute approximate surface area is 209 Å². The van der Waals surface area contributed by atoms with Gasteiger partial charge in [0.05, 0.1) is 0 Å². The van der Waals surface area contributed by atoms with Gasteiger partial charge in [-0.1, -0.05) is 98.3 Å². The zero-order valence-corrected chi connectivity index (χ0v) is 20.4. The number of aromatic nitrogens is 3. The number of benzene rings is 4. The van der Waals surface area contributed by atoms with E-state index < -0.39 is 6.23 Å². The number of hydrogen-bond donors (Lipinski definition) is 1. The second-order valence-corrected chi connectivity index (χ2v) is 9.79. The molecule has 174 valence electrons. The number of ether oxygens (including phenoxy) is 1. The molecule has 0 radical (unpaired) electrons. The van der Waals surface area contributed by atoms with E-state index in [0.29, 0.717) is 16.7 Å². The van der Waals surface area contributed by atoms with E-state index in [2.05, 4.69) is 83.1 Å². The van der Waals surface area contributed by atoms with Crippen molar-refractivity contribution < 1.29 is 4.74 Å². The fraction of sp³-hybridized carbons (Fsp3) is 0.207. The summed E-state index contributed by atoms with van der Waals surface area (Å²) in [6.07, 6.45) is 3.09. The van der Waals surface area contributed by atoms with Crippen LogP contribution in [-0.4, -0.2) is 20.9 Å². The third-order valence-electron chi connectivity index (χ3n) is 6.39. The fourth-order valence-corrected chi connectivity index (χ4v) is 5.46. The molecule has 2 heterocycles. The summed E-state index contributed by atoms with van der Waals surface area (Å²) >= 11 is 1.64. The molecule has 0 spiro atoms. The van der Waals surface area contributed by atoms with Crippen LogP contribution in [0.2, 0.25) is 0 Å². The van der Waals surface area contributed by atoms with Crippen molar-refractivity contribution in [2.24, 2.45) is 0 Å². The summed E-state index contributed by atoms with van der Waals surface area (Å²) in [5.41, 5.74) is 3.65. The van der Waals surface area contributed by atoms with Gasteiger partial charge in [0.15, 0.2) is 11.9 Å². The normalized spacial score (nSPS) is 14.6. The number of nitrogens with zero attached hydrogens (tertiary/aromatic N) is 3. The van der Waals surface area contributed by atoms with Crippen LogP contribution in [0, 0.1) is 0 Å². The molecule has 0 saturated heterocycles. The lowest BCUT2D eigenvalue weighted by atomic mass is 9.95. The van der Waals surface area contributed by atoms with Crippen LogP contribution in [0.4, 0.5) is 5.69 Å². The maximum absolute atomic E-state index is 6.67. The van der Waals surface area contributed by atoms with Crippen LogP contribution >= 0.6 is 11.8 Å². The molecule has 0 aliphatic carbocycles. The minimum Gasteiger partial charge on any atom is -0.448 e. The van der Waals surface area contributed by atoms with Crippen LogP contribution in [-0.2, 0) is 0 Å². The molecule has 1 aliphatic rings. The second-order valence-electron chi connectivity index (χ2n) is 8.72. The van der Waals surface area contributed by atoms with E-state index in [-0.39, 0.29) is 0 Å². The van der Waals surface area contributed by atoms with Crippen LogP contribution in [0.25, 0.3) is 32.8 Å². The molecule has 0 fully saturated rings. The molecule has 0 amide bonds. The Bertz CT molecular complexity index is 1470. The molecule has 1 unspecified atom stereocenters. The minimum absolute atomic E-state index is 0.442. The number of para-hydroxylation sites is 1. The van der Waals surface area contributed by atoms with Crippen molar-refractivity contribution in [3.63, 3.8) is 0 Å². The summed E-state index contributed by atoms with van der Waals surface area (Å²) < 4.78 is 6.67. The van der Waals surface area contributed by atoms with Gasteiger partial charge in [-0.2, -0.15) is 4.98 Å². The standard InChI is InChI=1S/C29H26N4OS/c1-2-3-10-17-35-29-31-28-26(32-33-29)23-15-8-9-16-24(23)30-27(34-28)25-21-13-6-4-11-19(21)18-20-12-5-7-14-22(20)25/h4-9,11-16,18,27,30H,2-3,10,17H2,1H3. The van der Waals surface area contributed by atoms with Gasteiger partial charge < -0.3 is 10.1 Å². The van der Waals surface area contributed by atoms with Crippen molar-refractivity contribution in [2.75, 3.05) is 11.1 Å². The molecule has 1 atom stereocenters. The van der Waals surface area contributed by atoms with Gasteiger partial charge in [-0.15, -0.1) is 10.2 Å². The molecule has 5 nitrogen and oxygen atoms in total. The average molecular weight is 479 g/mol. The van der Waals surface area contributed by atoms with Gasteiger partial charge in [-0.05, 0) is 40.1 Å². The van der Waals surface area contributed by atoms with Crippen molar-refractivity contribution in [1.82, 2.24) is 15.2 Å². The second kappa shape index (κ2) is 9.55. The number of fused-ring (bicyclic) bond motifs is 5. The molecule has 1 N–H and O–H groups in total. The van der Waals surface area contributed by atoms with E-state index in [0.717, 1.165) is 39.8 Å². The van der Waals surface area contributed by atoms with Crippen molar-refractivity contribution in [1.29, 1.82) is 0 Å². The average Bonchev–Trinajstić information content (AvgIpc) is 3.06. The highest BCUT2D eigenvalue weighted by Gasteiger charge is 2.28. The third kappa shape index (κ3) is 4.19. The Balaban J connectivity index is 1.50. The van der Waals surface area contributed by atoms with E-state index in [1.165, 1.54) is 23.6 Å².